The number of pyridine rings is 2. The van der Waals surface area contributed by atoms with Crippen molar-refractivity contribution in [3.05, 3.63) is 59.4 Å². The number of carbonyl (C=O) groups excluding carboxylic acids is 1. The maximum atomic E-state index is 12.6. The Kier molecular flexibility index (Phi) is 4.69. The van der Waals surface area contributed by atoms with Crippen molar-refractivity contribution in [2.75, 3.05) is 18.5 Å². The average molecular weight is 370 g/mol. The van der Waals surface area contributed by atoms with Gasteiger partial charge >= 0.3 is 0 Å². The fourth-order valence-electron chi connectivity index (χ4n) is 2.81. The lowest BCUT2D eigenvalue weighted by atomic mass is 10.1. The van der Waals surface area contributed by atoms with Gasteiger partial charge in [-0.3, -0.25) is 9.78 Å². The van der Waals surface area contributed by atoms with Gasteiger partial charge in [0.25, 0.3) is 5.91 Å². The fourth-order valence-corrected chi connectivity index (χ4v) is 3.02. The summed E-state index contributed by atoms with van der Waals surface area (Å²) < 4.78 is 11.0. The number of nitrogens with zero attached hydrogens (tertiary/aromatic N) is 2. The Labute approximate surface area is 155 Å². The highest BCUT2D eigenvalue weighted by atomic mass is 35.5. The molecule has 4 rings (SSSR count). The summed E-state index contributed by atoms with van der Waals surface area (Å²) in [7, 11) is 0. The van der Waals surface area contributed by atoms with Crippen molar-refractivity contribution < 1.29 is 14.3 Å². The van der Waals surface area contributed by atoms with Crippen LogP contribution < -0.4 is 10.1 Å². The molecule has 1 aliphatic rings. The van der Waals surface area contributed by atoms with Crippen molar-refractivity contribution in [2.24, 2.45) is 0 Å². The number of rotatable bonds is 4. The Balaban J connectivity index is 1.53. The van der Waals surface area contributed by atoms with E-state index in [1.54, 1.807) is 12.3 Å². The van der Waals surface area contributed by atoms with Crippen LogP contribution in [0.25, 0.3) is 10.9 Å². The van der Waals surface area contributed by atoms with Crippen LogP contribution in [0.4, 0.5) is 5.69 Å². The van der Waals surface area contributed by atoms with Crippen LogP contribution >= 0.6 is 11.6 Å². The van der Waals surface area contributed by atoms with Gasteiger partial charge in [0, 0.05) is 24.2 Å². The number of hydrogen-bond donors (Lipinski definition) is 1. The molecule has 2 aromatic heterocycles. The van der Waals surface area contributed by atoms with Crippen molar-refractivity contribution in [1.29, 1.82) is 0 Å². The first-order valence-electron chi connectivity index (χ1n) is 8.26. The van der Waals surface area contributed by atoms with E-state index in [1.165, 1.54) is 6.20 Å². The summed E-state index contributed by atoms with van der Waals surface area (Å²) in [6, 6.07) is 10.9. The summed E-state index contributed by atoms with van der Waals surface area (Å²) in [5, 5.41) is 4.04. The minimum absolute atomic E-state index is 0.0529. The summed E-state index contributed by atoms with van der Waals surface area (Å²) in [5.41, 5.74) is 1.84. The van der Waals surface area contributed by atoms with Crippen molar-refractivity contribution >= 4 is 34.1 Å². The van der Waals surface area contributed by atoms with Crippen molar-refractivity contribution in [3.8, 4) is 5.88 Å². The lowest BCUT2D eigenvalue weighted by Crippen LogP contribution is -2.17. The number of fused-ring (bicyclic) bond motifs is 1. The van der Waals surface area contributed by atoms with Crippen LogP contribution in [-0.4, -0.2) is 35.2 Å². The van der Waals surface area contributed by atoms with E-state index in [4.69, 9.17) is 21.1 Å². The number of aromatic nitrogens is 2. The molecule has 1 aromatic carbocycles. The van der Waals surface area contributed by atoms with Gasteiger partial charge in [0.05, 0.1) is 30.0 Å². The standard InChI is InChI=1S/C19H16ClN3O3/c20-15-9-12(10-22-19(15)26-13-6-8-25-11-13)18(24)23-17-5-1-4-16-14(17)3-2-7-21-16/h1-5,7,9-10,13H,6,8,11H2,(H,23,24). The summed E-state index contributed by atoms with van der Waals surface area (Å²) in [6.07, 6.45) is 3.92. The van der Waals surface area contributed by atoms with Gasteiger partial charge in [0.15, 0.2) is 0 Å². The number of halogens is 1. The summed E-state index contributed by atoms with van der Waals surface area (Å²) in [5.74, 6) is 0.0135. The molecule has 1 N–H and O–H groups in total. The number of hydrogen-bond acceptors (Lipinski definition) is 5. The lowest BCUT2D eigenvalue weighted by molar-refractivity contribution is 0.102. The zero-order chi connectivity index (χ0) is 17.9. The van der Waals surface area contributed by atoms with Gasteiger partial charge in [-0.1, -0.05) is 17.7 Å². The van der Waals surface area contributed by atoms with Gasteiger partial charge in [0.1, 0.15) is 11.1 Å². The molecular formula is C19H16ClN3O3. The Morgan fingerprint density at radius 2 is 2.19 bits per heavy atom. The minimum atomic E-state index is -0.300. The second-order valence-corrected chi connectivity index (χ2v) is 6.35. The largest absolute Gasteiger partial charge is 0.471 e. The van der Waals surface area contributed by atoms with E-state index in [2.05, 4.69) is 15.3 Å². The summed E-state index contributed by atoms with van der Waals surface area (Å²) in [4.78, 5) is 21.0. The van der Waals surface area contributed by atoms with E-state index in [1.807, 2.05) is 30.3 Å². The summed E-state index contributed by atoms with van der Waals surface area (Å²) in [6.45, 7) is 1.19. The highest BCUT2D eigenvalue weighted by molar-refractivity contribution is 6.32. The Morgan fingerprint density at radius 1 is 1.27 bits per heavy atom. The van der Waals surface area contributed by atoms with E-state index < -0.39 is 0 Å². The third kappa shape index (κ3) is 3.47. The zero-order valence-electron chi connectivity index (χ0n) is 13.8. The smallest absolute Gasteiger partial charge is 0.257 e. The molecule has 0 spiro atoms. The van der Waals surface area contributed by atoms with E-state index in [0.29, 0.717) is 35.4 Å². The third-order valence-electron chi connectivity index (χ3n) is 4.13. The van der Waals surface area contributed by atoms with Crippen LogP contribution in [0, 0.1) is 0 Å². The molecule has 1 fully saturated rings. The monoisotopic (exact) mass is 369 g/mol. The van der Waals surface area contributed by atoms with Crippen LogP contribution in [0.5, 0.6) is 5.88 Å². The molecule has 1 unspecified atom stereocenters. The fraction of sp³-hybridized carbons (Fsp3) is 0.211. The number of ether oxygens (including phenoxy) is 2. The van der Waals surface area contributed by atoms with E-state index in [9.17, 15) is 4.79 Å². The molecule has 0 radical (unpaired) electrons. The molecule has 1 amide bonds. The van der Waals surface area contributed by atoms with Gasteiger partial charge in [-0.25, -0.2) is 4.98 Å². The maximum Gasteiger partial charge on any atom is 0.257 e. The number of benzene rings is 1. The van der Waals surface area contributed by atoms with Crippen molar-refractivity contribution in [3.63, 3.8) is 0 Å². The van der Waals surface area contributed by atoms with E-state index in [0.717, 1.165) is 17.3 Å². The molecule has 3 aromatic rings. The second-order valence-electron chi connectivity index (χ2n) is 5.94. The van der Waals surface area contributed by atoms with E-state index >= 15 is 0 Å². The Bertz CT molecular complexity index is 952. The quantitative estimate of drug-likeness (QED) is 0.759. The highest BCUT2D eigenvalue weighted by Gasteiger charge is 2.20. The topological polar surface area (TPSA) is 73.3 Å². The minimum Gasteiger partial charge on any atom is -0.471 e. The number of anilines is 1. The van der Waals surface area contributed by atoms with Gasteiger partial charge < -0.3 is 14.8 Å². The van der Waals surface area contributed by atoms with Crippen molar-refractivity contribution in [1.82, 2.24) is 9.97 Å². The van der Waals surface area contributed by atoms with Crippen LogP contribution in [0.15, 0.2) is 48.8 Å². The third-order valence-corrected chi connectivity index (χ3v) is 4.40. The van der Waals surface area contributed by atoms with Crippen molar-refractivity contribution in [2.45, 2.75) is 12.5 Å². The number of carbonyl (C=O) groups is 1. The zero-order valence-corrected chi connectivity index (χ0v) is 14.6. The molecule has 1 saturated heterocycles. The van der Waals surface area contributed by atoms with E-state index in [-0.39, 0.29) is 12.0 Å². The first-order valence-corrected chi connectivity index (χ1v) is 8.63. The first-order chi connectivity index (χ1) is 12.7. The molecule has 26 heavy (non-hydrogen) atoms. The maximum absolute atomic E-state index is 12.6. The number of nitrogens with one attached hydrogen (secondary N) is 1. The molecule has 7 heteroatoms. The van der Waals surface area contributed by atoms with Gasteiger partial charge in [-0.15, -0.1) is 0 Å². The predicted molar refractivity (Wildman–Crippen MR) is 98.8 cm³/mol. The molecule has 0 aliphatic carbocycles. The van der Waals surface area contributed by atoms with Crippen LogP contribution in [0.2, 0.25) is 5.02 Å². The Hall–Kier alpha value is -2.70. The normalized spacial score (nSPS) is 16.6. The molecule has 3 heterocycles. The highest BCUT2D eigenvalue weighted by Crippen LogP contribution is 2.26. The molecule has 132 valence electrons. The van der Waals surface area contributed by atoms with Gasteiger partial charge in [0.2, 0.25) is 5.88 Å². The SMILES string of the molecule is O=C(Nc1cccc2ncccc12)c1cnc(OC2CCOC2)c(Cl)c1. The van der Waals surface area contributed by atoms with Crippen LogP contribution in [0.1, 0.15) is 16.8 Å². The Morgan fingerprint density at radius 3 is 3.00 bits per heavy atom. The molecule has 0 saturated carbocycles. The average Bonchev–Trinajstić information content (AvgIpc) is 3.17. The molecule has 6 nitrogen and oxygen atoms in total. The molecule has 0 bridgehead atoms. The van der Waals surface area contributed by atoms with Crippen LogP contribution in [0.3, 0.4) is 0 Å². The second kappa shape index (κ2) is 7.27. The molecule has 1 aliphatic heterocycles. The predicted octanol–water partition coefficient (Wildman–Crippen LogP) is 3.70. The lowest BCUT2D eigenvalue weighted by Gasteiger charge is -2.13. The van der Waals surface area contributed by atoms with Gasteiger partial charge in [-0.05, 0) is 30.3 Å². The first kappa shape index (κ1) is 16.8. The van der Waals surface area contributed by atoms with Gasteiger partial charge in [-0.2, -0.15) is 0 Å². The molecular weight excluding hydrogens is 354 g/mol. The van der Waals surface area contributed by atoms with Crippen LogP contribution in [-0.2, 0) is 4.74 Å². The molecule has 1 atom stereocenters. The number of amides is 1. The summed E-state index contributed by atoms with van der Waals surface area (Å²) >= 11 is 6.23.